The molecule has 2 amide bonds. The Morgan fingerprint density at radius 3 is 2.84 bits per heavy atom. The van der Waals surface area contributed by atoms with Crippen molar-refractivity contribution in [3.05, 3.63) is 28.3 Å². The number of halogens is 1. The van der Waals surface area contributed by atoms with Crippen LogP contribution in [0.5, 0.6) is 0 Å². The fourth-order valence-electron chi connectivity index (χ4n) is 1.97. The standard InChI is InChI=1S/C13H15ClN2O2S/c1-7-3-8(2)12(9(14)4-7)16-13(18)10-5-19-6-11(17)15-10/h3-4,10H,5-6H2,1-2H3,(H,15,17)(H,16,18). The molecule has 1 unspecified atom stereocenters. The van der Waals surface area contributed by atoms with Crippen LogP contribution < -0.4 is 10.6 Å². The predicted octanol–water partition coefficient (Wildman–Crippen LogP) is 2.13. The number of aryl methyl sites for hydroxylation is 2. The highest BCUT2D eigenvalue weighted by Gasteiger charge is 2.25. The highest BCUT2D eigenvalue weighted by molar-refractivity contribution is 8.00. The Morgan fingerprint density at radius 1 is 1.47 bits per heavy atom. The third kappa shape index (κ3) is 3.42. The molecule has 1 saturated heterocycles. The molecule has 102 valence electrons. The van der Waals surface area contributed by atoms with Gasteiger partial charge in [-0.25, -0.2) is 0 Å². The number of nitrogens with one attached hydrogen (secondary N) is 2. The van der Waals surface area contributed by atoms with Gasteiger partial charge >= 0.3 is 0 Å². The lowest BCUT2D eigenvalue weighted by Crippen LogP contribution is -2.49. The highest BCUT2D eigenvalue weighted by Crippen LogP contribution is 2.27. The summed E-state index contributed by atoms with van der Waals surface area (Å²) < 4.78 is 0. The molecule has 1 aliphatic heterocycles. The van der Waals surface area contributed by atoms with Crippen LogP contribution in [0, 0.1) is 13.8 Å². The number of hydrogen-bond donors (Lipinski definition) is 2. The van der Waals surface area contributed by atoms with Gasteiger partial charge in [-0.1, -0.05) is 17.7 Å². The zero-order valence-electron chi connectivity index (χ0n) is 10.7. The van der Waals surface area contributed by atoms with E-state index in [9.17, 15) is 9.59 Å². The number of anilines is 1. The summed E-state index contributed by atoms with van der Waals surface area (Å²) >= 11 is 7.59. The van der Waals surface area contributed by atoms with E-state index in [1.54, 1.807) is 6.07 Å². The van der Waals surface area contributed by atoms with Crippen molar-refractivity contribution in [2.45, 2.75) is 19.9 Å². The Bertz CT molecular complexity index is 510. The van der Waals surface area contributed by atoms with Crippen LogP contribution in [0.1, 0.15) is 11.1 Å². The summed E-state index contributed by atoms with van der Waals surface area (Å²) in [4.78, 5) is 23.4. The molecule has 19 heavy (non-hydrogen) atoms. The number of benzene rings is 1. The lowest BCUT2D eigenvalue weighted by Gasteiger charge is -2.22. The fraction of sp³-hybridized carbons (Fsp3) is 0.385. The molecule has 1 heterocycles. The van der Waals surface area contributed by atoms with Crippen LogP contribution in [0.25, 0.3) is 0 Å². The molecule has 6 heteroatoms. The van der Waals surface area contributed by atoms with E-state index in [1.165, 1.54) is 11.8 Å². The zero-order valence-corrected chi connectivity index (χ0v) is 12.3. The SMILES string of the molecule is Cc1cc(C)c(NC(=O)C2CSCC(=O)N2)c(Cl)c1. The van der Waals surface area contributed by atoms with Crippen molar-refractivity contribution in [2.75, 3.05) is 16.8 Å². The van der Waals surface area contributed by atoms with Crippen LogP contribution in [-0.2, 0) is 9.59 Å². The van der Waals surface area contributed by atoms with Gasteiger partial charge in [-0.2, -0.15) is 0 Å². The van der Waals surface area contributed by atoms with Crippen LogP contribution in [0.2, 0.25) is 5.02 Å². The molecule has 0 aromatic heterocycles. The molecule has 1 fully saturated rings. The van der Waals surface area contributed by atoms with Gasteiger partial charge in [-0.15, -0.1) is 11.8 Å². The van der Waals surface area contributed by atoms with Crippen molar-refractivity contribution in [3.63, 3.8) is 0 Å². The normalized spacial score (nSPS) is 18.9. The van der Waals surface area contributed by atoms with Gasteiger partial charge in [0.2, 0.25) is 11.8 Å². The summed E-state index contributed by atoms with van der Waals surface area (Å²) in [7, 11) is 0. The maximum Gasteiger partial charge on any atom is 0.247 e. The van der Waals surface area contributed by atoms with Gasteiger partial charge in [0.25, 0.3) is 0 Å². The molecule has 2 rings (SSSR count). The number of thioether (sulfide) groups is 1. The van der Waals surface area contributed by atoms with Crippen molar-refractivity contribution in [2.24, 2.45) is 0 Å². The van der Waals surface area contributed by atoms with Crippen LogP contribution >= 0.6 is 23.4 Å². The Balaban J connectivity index is 2.13. The first-order valence-corrected chi connectivity index (χ1v) is 7.45. The predicted molar refractivity (Wildman–Crippen MR) is 78.8 cm³/mol. The first kappa shape index (κ1) is 14.2. The third-order valence-corrected chi connectivity index (χ3v) is 4.18. The smallest absolute Gasteiger partial charge is 0.247 e. The van der Waals surface area contributed by atoms with E-state index in [1.807, 2.05) is 19.9 Å². The van der Waals surface area contributed by atoms with Crippen molar-refractivity contribution >= 4 is 40.9 Å². The second-order valence-electron chi connectivity index (χ2n) is 4.56. The first-order valence-electron chi connectivity index (χ1n) is 5.92. The van der Waals surface area contributed by atoms with E-state index in [4.69, 9.17) is 11.6 Å². The molecular weight excluding hydrogens is 284 g/mol. The Hall–Kier alpha value is -1.20. The molecule has 1 aliphatic rings. The van der Waals surface area contributed by atoms with Gasteiger partial charge in [-0.3, -0.25) is 9.59 Å². The lowest BCUT2D eigenvalue weighted by molar-refractivity contribution is -0.124. The monoisotopic (exact) mass is 298 g/mol. The van der Waals surface area contributed by atoms with E-state index in [-0.39, 0.29) is 11.8 Å². The molecule has 1 atom stereocenters. The molecule has 4 nitrogen and oxygen atoms in total. The summed E-state index contributed by atoms with van der Waals surface area (Å²) in [5.41, 5.74) is 2.57. The van der Waals surface area contributed by atoms with Gasteiger partial charge in [0.15, 0.2) is 0 Å². The summed E-state index contributed by atoms with van der Waals surface area (Å²) in [6.45, 7) is 3.84. The third-order valence-electron chi connectivity index (χ3n) is 2.85. The average Bonchev–Trinajstić information content (AvgIpc) is 2.33. The molecule has 0 bridgehead atoms. The van der Waals surface area contributed by atoms with Crippen LogP contribution in [-0.4, -0.2) is 29.4 Å². The van der Waals surface area contributed by atoms with E-state index >= 15 is 0 Å². The largest absolute Gasteiger partial charge is 0.343 e. The summed E-state index contributed by atoms with van der Waals surface area (Å²) in [6.07, 6.45) is 0. The topological polar surface area (TPSA) is 58.2 Å². The van der Waals surface area contributed by atoms with E-state index in [2.05, 4.69) is 10.6 Å². The van der Waals surface area contributed by atoms with Crippen LogP contribution in [0.15, 0.2) is 12.1 Å². The zero-order chi connectivity index (χ0) is 14.0. The minimum Gasteiger partial charge on any atom is -0.343 e. The minimum atomic E-state index is -0.497. The fourth-order valence-corrected chi connectivity index (χ4v) is 3.20. The maximum atomic E-state index is 12.1. The van der Waals surface area contributed by atoms with Crippen molar-refractivity contribution in [1.29, 1.82) is 0 Å². The molecule has 2 N–H and O–H groups in total. The van der Waals surface area contributed by atoms with Crippen molar-refractivity contribution in [1.82, 2.24) is 5.32 Å². The number of rotatable bonds is 2. The number of carbonyl (C=O) groups excluding carboxylic acids is 2. The second kappa shape index (κ2) is 5.84. The van der Waals surface area contributed by atoms with Gasteiger partial charge in [-0.05, 0) is 31.0 Å². The van der Waals surface area contributed by atoms with Crippen LogP contribution in [0.3, 0.4) is 0 Å². The Kier molecular flexibility index (Phi) is 4.37. The molecule has 0 aliphatic carbocycles. The summed E-state index contributed by atoms with van der Waals surface area (Å²) in [5.74, 6) is 0.659. The molecule has 0 saturated carbocycles. The summed E-state index contributed by atoms with van der Waals surface area (Å²) in [6, 6.07) is 3.26. The molecular formula is C13H15ClN2O2S. The minimum absolute atomic E-state index is 0.108. The second-order valence-corrected chi connectivity index (χ2v) is 6.00. The first-order chi connectivity index (χ1) is 8.97. The highest BCUT2D eigenvalue weighted by atomic mass is 35.5. The van der Waals surface area contributed by atoms with Crippen molar-refractivity contribution < 1.29 is 9.59 Å². The van der Waals surface area contributed by atoms with E-state index in [0.717, 1.165) is 11.1 Å². The average molecular weight is 299 g/mol. The van der Waals surface area contributed by atoms with Gasteiger partial charge in [0.1, 0.15) is 6.04 Å². The van der Waals surface area contributed by atoms with Gasteiger partial charge < -0.3 is 10.6 Å². The summed E-state index contributed by atoms with van der Waals surface area (Å²) in [5, 5.41) is 5.98. The Labute approximate surface area is 121 Å². The van der Waals surface area contributed by atoms with E-state index < -0.39 is 6.04 Å². The van der Waals surface area contributed by atoms with Gasteiger partial charge in [0, 0.05) is 5.75 Å². The van der Waals surface area contributed by atoms with Crippen molar-refractivity contribution in [3.8, 4) is 0 Å². The van der Waals surface area contributed by atoms with E-state index in [0.29, 0.717) is 22.2 Å². The molecule has 1 aromatic carbocycles. The maximum absolute atomic E-state index is 12.1. The van der Waals surface area contributed by atoms with Crippen LogP contribution in [0.4, 0.5) is 5.69 Å². The molecule has 1 aromatic rings. The number of hydrogen-bond acceptors (Lipinski definition) is 3. The number of amides is 2. The molecule has 0 radical (unpaired) electrons. The quantitative estimate of drug-likeness (QED) is 0.879. The lowest BCUT2D eigenvalue weighted by atomic mass is 10.1. The molecule has 0 spiro atoms. The number of carbonyl (C=O) groups is 2. The van der Waals surface area contributed by atoms with Gasteiger partial charge in [0.05, 0.1) is 16.5 Å². The Morgan fingerprint density at radius 2 is 2.21 bits per heavy atom.